The van der Waals surface area contributed by atoms with Crippen molar-refractivity contribution >= 4 is 40.8 Å². The van der Waals surface area contributed by atoms with E-state index in [0.717, 1.165) is 62.7 Å². The van der Waals surface area contributed by atoms with Gasteiger partial charge in [0, 0.05) is 42.6 Å². The van der Waals surface area contributed by atoms with E-state index in [9.17, 15) is 4.79 Å². The first-order valence-corrected chi connectivity index (χ1v) is 12.7. The number of unbranched alkanes of at least 4 members (excludes halogenated alkanes) is 2. The highest BCUT2D eigenvalue weighted by Crippen LogP contribution is 2.43. The average Bonchev–Trinajstić information content (AvgIpc) is 3.16. The lowest BCUT2D eigenvalue weighted by Crippen LogP contribution is -2.46. The Bertz CT molecular complexity index is 1060. The SMILES string of the molecule is CCC1(CCCCCN2CCN(c3cccc(Cl)c3)CC2)C(=O)Nc2ccccc21.O=C(O)C(=O)O. The van der Waals surface area contributed by atoms with E-state index in [4.69, 9.17) is 31.4 Å². The fraction of sp³-hybridized carbons (Fsp3) is 0.444. The topological polar surface area (TPSA) is 110 Å². The molecule has 2 aliphatic rings. The second kappa shape index (κ2) is 12.7. The number of hydrogen-bond acceptors (Lipinski definition) is 5. The average molecular weight is 516 g/mol. The van der Waals surface area contributed by atoms with Crippen LogP contribution in [0.2, 0.25) is 5.02 Å². The van der Waals surface area contributed by atoms with Crippen molar-refractivity contribution in [3.05, 3.63) is 59.1 Å². The number of benzene rings is 2. The Morgan fingerprint density at radius 2 is 1.67 bits per heavy atom. The van der Waals surface area contributed by atoms with E-state index in [1.165, 1.54) is 24.1 Å². The van der Waals surface area contributed by atoms with E-state index in [1.807, 2.05) is 30.3 Å². The minimum atomic E-state index is -1.82. The molecule has 9 heteroatoms. The maximum Gasteiger partial charge on any atom is 0.414 e. The van der Waals surface area contributed by atoms with Crippen LogP contribution in [-0.2, 0) is 19.8 Å². The molecule has 36 heavy (non-hydrogen) atoms. The number of aliphatic carboxylic acids is 2. The van der Waals surface area contributed by atoms with Crippen molar-refractivity contribution in [2.24, 2.45) is 0 Å². The minimum absolute atomic E-state index is 0.184. The predicted molar refractivity (Wildman–Crippen MR) is 141 cm³/mol. The van der Waals surface area contributed by atoms with Crippen LogP contribution in [0.15, 0.2) is 48.5 Å². The molecule has 1 atom stereocenters. The molecule has 1 unspecified atom stereocenters. The molecule has 0 spiro atoms. The van der Waals surface area contributed by atoms with Gasteiger partial charge in [0.25, 0.3) is 0 Å². The number of carbonyl (C=O) groups excluding carboxylic acids is 1. The van der Waals surface area contributed by atoms with E-state index in [0.29, 0.717) is 0 Å². The molecule has 2 aromatic rings. The molecule has 4 rings (SSSR count). The maximum absolute atomic E-state index is 12.7. The first-order chi connectivity index (χ1) is 17.3. The number of carboxylic acids is 2. The smallest absolute Gasteiger partial charge is 0.414 e. The number of carboxylic acid groups (broad SMARTS) is 2. The van der Waals surface area contributed by atoms with E-state index in [2.05, 4.69) is 40.2 Å². The van der Waals surface area contributed by atoms with Gasteiger partial charge in [0.2, 0.25) is 5.91 Å². The summed E-state index contributed by atoms with van der Waals surface area (Å²) in [5.74, 6) is -3.46. The van der Waals surface area contributed by atoms with E-state index in [-0.39, 0.29) is 11.3 Å². The summed E-state index contributed by atoms with van der Waals surface area (Å²) >= 11 is 6.13. The molecule has 2 heterocycles. The van der Waals surface area contributed by atoms with Crippen molar-refractivity contribution in [3.8, 4) is 0 Å². The summed E-state index contributed by atoms with van der Waals surface area (Å²) in [6.45, 7) is 7.58. The second-order valence-corrected chi connectivity index (χ2v) is 9.60. The number of nitrogens with one attached hydrogen (secondary N) is 1. The molecule has 1 amide bonds. The fourth-order valence-electron chi connectivity index (χ4n) is 4.99. The van der Waals surface area contributed by atoms with Gasteiger partial charge >= 0.3 is 11.9 Å². The molecule has 1 fully saturated rings. The zero-order valence-corrected chi connectivity index (χ0v) is 21.3. The Hall–Kier alpha value is -3.10. The van der Waals surface area contributed by atoms with Crippen molar-refractivity contribution in [1.29, 1.82) is 0 Å². The molecule has 0 saturated carbocycles. The van der Waals surface area contributed by atoms with Crippen LogP contribution in [0.25, 0.3) is 0 Å². The van der Waals surface area contributed by atoms with Crippen LogP contribution in [0.4, 0.5) is 11.4 Å². The molecule has 194 valence electrons. The third kappa shape index (κ3) is 6.77. The molecular formula is C27H34ClN3O5. The van der Waals surface area contributed by atoms with Crippen molar-refractivity contribution in [2.75, 3.05) is 42.9 Å². The van der Waals surface area contributed by atoms with Crippen LogP contribution in [0.5, 0.6) is 0 Å². The summed E-state index contributed by atoms with van der Waals surface area (Å²) < 4.78 is 0. The third-order valence-corrected chi connectivity index (χ3v) is 7.27. The zero-order chi connectivity index (χ0) is 26.1. The Morgan fingerprint density at radius 3 is 2.31 bits per heavy atom. The van der Waals surface area contributed by atoms with Gasteiger partial charge in [0.15, 0.2) is 0 Å². The quantitative estimate of drug-likeness (QED) is 0.351. The molecule has 0 radical (unpaired) electrons. The lowest BCUT2D eigenvalue weighted by Gasteiger charge is -2.36. The van der Waals surface area contributed by atoms with Crippen LogP contribution < -0.4 is 10.2 Å². The van der Waals surface area contributed by atoms with E-state index >= 15 is 0 Å². The largest absolute Gasteiger partial charge is 0.473 e. The molecule has 2 aliphatic heterocycles. The maximum atomic E-state index is 12.7. The number of piperazine rings is 1. The van der Waals surface area contributed by atoms with Gasteiger partial charge in [-0.05, 0) is 55.6 Å². The van der Waals surface area contributed by atoms with Gasteiger partial charge in [-0.3, -0.25) is 9.69 Å². The van der Waals surface area contributed by atoms with Crippen molar-refractivity contribution in [2.45, 2.75) is 44.4 Å². The Labute approximate surface area is 216 Å². The number of amides is 1. The molecular weight excluding hydrogens is 482 g/mol. The van der Waals surface area contributed by atoms with Gasteiger partial charge in [-0.25, -0.2) is 9.59 Å². The van der Waals surface area contributed by atoms with Gasteiger partial charge < -0.3 is 20.4 Å². The molecule has 8 nitrogen and oxygen atoms in total. The van der Waals surface area contributed by atoms with Gasteiger partial charge in [-0.15, -0.1) is 0 Å². The first-order valence-electron chi connectivity index (χ1n) is 12.4. The van der Waals surface area contributed by atoms with Gasteiger partial charge in [-0.2, -0.15) is 0 Å². The highest BCUT2D eigenvalue weighted by molar-refractivity contribution is 6.30. The van der Waals surface area contributed by atoms with Crippen LogP contribution in [0, 0.1) is 0 Å². The Kier molecular flexibility index (Phi) is 9.73. The lowest BCUT2D eigenvalue weighted by atomic mass is 9.75. The Balaban J connectivity index is 0.000000538. The first kappa shape index (κ1) is 27.5. The zero-order valence-electron chi connectivity index (χ0n) is 20.6. The highest BCUT2D eigenvalue weighted by atomic mass is 35.5. The monoisotopic (exact) mass is 515 g/mol. The molecule has 1 saturated heterocycles. The van der Waals surface area contributed by atoms with Crippen molar-refractivity contribution in [1.82, 2.24) is 4.90 Å². The van der Waals surface area contributed by atoms with Crippen LogP contribution in [0.1, 0.15) is 44.6 Å². The number of hydrogen-bond donors (Lipinski definition) is 3. The number of nitrogens with zero attached hydrogens (tertiary/aromatic N) is 2. The summed E-state index contributed by atoms with van der Waals surface area (Å²) in [4.78, 5) is 35.9. The standard InChI is InChI=1S/C25H32ClN3O.C2H2O4/c1-2-25(22-11-4-5-12-23(22)27-24(25)30)13-6-3-7-14-28-15-17-29(18-16-28)21-10-8-9-20(26)19-21;3-1(4)2(5)6/h4-5,8-12,19H,2-3,6-7,13-18H2,1H3,(H,27,30);(H,3,4)(H,5,6). The Morgan fingerprint density at radius 1 is 0.972 bits per heavy atom. The van der Waals surface area contributed by atoms with Gasteiger partial charge in [0.05, 0.1) is 5.41 Å². The predicted octanol–water partition coefficient (Wildman–Crippen LogP) is 4.48. The second-order valence-electron chi connectivity index (χ2n) is 9.16. The molecule has 2 aromatic carbocycles. The third-order valence-electron chi connectivity index (χ3n) is 7.04. The fourth-order valence-corrected chi connectivity index (χ4v) is 5.18. The summed E-state index contributed by atoms with van der Waals surface area (Å²) in [5, 5.41) is 18.7. The minimum Gasteiger partial charge on any atom is -0.473 e. The van der Waals surface area contributed by atoms with Gasteiger partial charge in [-0.1, -0.05) is 55.6 Å². The number of rotatable bonds is 8. The number of para-hydroxylation sites is 1. The van der Waals surface area contributed by atoms with E-state index < -0.39 is 11.9 Å². The number of carbonyl (C=O) groups is 3. The summed E-state index contributed by atoms with van der Waals surface area (Å²) in [5.41, 5.74) is 3.08. The van der Waals surface area contributed by atoms with E-state index in [1.54, 1.807) is 0 Å². The summed E-state index contributed by atoms with van der Waals surface area (Å²) in [6, 6.07) is 16.3. The van der Waals surface area contributed by atoms with Crippen LogP contribution >= 0.6 is 11.6 Å². The number of halogens is 1. The van der Waals surface area contributed by atoms with Crippen LogP contribution in [0.3, 0.4) is 0 Å². The number of fused-ring (bicyclic) bond motifs is 1. The molecule has 0 bridgehead atoms. The summed E-state index contributed by atoms with van der Waals surface area (Å²) in [6.07, 6.45) is 5.26. The van der Waals surface area contributed by atoms with Crippen LogP contribution in [-0.4, -0.2) is 65.7 Å². The summed E-state index contributed by atoms with van der Waals surface area (Å²) in [7, 11) is 0. The lowest BCUT2D eigenvalue weighted by molar-refractivity contribution is -0.159. The highest BCUT2D eigenvalue weighted by Gasteiger charge is 2.44. The molecule has 3 N–H and O–H groups in total. The van der Waals surface area contributed by atoms with Crippen molar-refractivity contribution < 1.29 is 24.6 Å². The van der Waals surface area contributed by atoms with Crippen molar-refractivity contribution in [3.63, 3.8) is 0 Å². The molecule has 0 aromatic heterocycles. The molecule has 0 aliphatic carbocycles. The van der Waals surface area contributed by atoms with Gasteiger partial charge in [0.1, 0.15) is 0 Å². The normalized spacial score (nSPS) is 19.2. The number of anilines is 2.